The molecule has 2 aromatic heterocycles. The number of nitrogens with one attached hydrogen (secondary N) is 1. The first-order valence-corrected chi connectivity index (χ1v) is 9.49. The van der Waals surface area contributed by atoms with Crippen molar-refractivity contribution >= 4 is 17.7 Å². The molecule has 136 valence electrons. The van der Waals surface area contributed by atoms with Gasteiger partial charge in [-0.15, -0.1) is 0 Å². The average Bonchev–Trinajstić information content (AvgIpc) is 3.07. The first-order chi connectivity index (χ1) is 11.9. The van der Waals surface area contributed by atoms with Crippen LogP contribution in [0.4, 0.5) is 0 Å². The number of furan rings is 1. The van der Waals surface area contributed by atoms with Crippen LogP contribution in [0.2, 0.25) is 0 Å². The molecule has 0 aliphatic rings. The van der Waals surface area contributed by atoms with E-state index in [9.17, 15) is 4.79 Å². The van der Waals surface area contributed by atoms with Crippen molar-refractivity contribution in [3.8, 4) is 0 Å². The maximum Gasteiger partial charge on any atom is 0.220 e. The molecule has 0 fully saturated rings. The van der Waals surface area contributed by atoms with Crippen LogP contribution in [0.15, 0.2) is 28.0 Å². The summed E-state index contributed by atoms with van der Waals surface area (Å²) in [6, 6.07) is 3.80. The number of nitrogens with zero attached hydrogens (tertiary/aromatic N) is 3. The summed E-state index contributed by atoms with van der Waals surface area (Å²) in [5.41, 5.74) is 2.96. The quantitative estimate of drug-likeness (QED) is 0.575. The number of carbonyl (C=O) groups excluding carboxylic acids is 1. The van der Waals surface area contributed by atoms with E-state index in [-0.39, 0.29) is 11.9 Å². The van der Waals surface area contributed by atoms with Gasteiger partial charge in [0.15, 0.2) is 5.16 Å². The first kappa shape index (κ1) is 19.5. The molecule has 2 heterocycles. The molecule has 0 aliphatic heterocycles. The smallest absolute Gasteiger partial charge is 0.220 e. The lowest BCUT2D eigenvalue weighted by atomic mass is 10.1. The highest BCUT2D eigenvalue weighted by Crippen LogP contribution is 2.19. The van der Waals surface area contributed by atoms with Crippen molar-refractivity contribution in [2.24, 2.45) is 0 Å². The fourth-order valence-corrected chi connectivity index (χ4v) is 3.17. The largest absolute Gasteiger partial charge is 0.468 e. The van der Waals surface area contributed by atoms with Crippen LogP contribution in [0.25, 0.3) is 0 Å². The molecule has 0 bridgehead atoms. The molecule has 1 N–H and O–H groups in total. The Morgan fingerprint density at radius 1 is 1.32 bits per heavy atom. The molecule has 0 saturated carbocycles. The van der Waals surface area contributed by atoms with Crippen molar-refractivity contribution in [3.05, 3.63) is 41.1 Å². The third kappa shape index (κ3) is 5.31. The third-order valence-electron chi connectivity index (χ3n) is 4.17. The Kier molecular flexibility index (Phi) is 7.01. The van der Waals surface area contributed by atoms with Crippen LogP contribution >= 0.6 is 11.8 Å². The number of thioether (sulfide) groups is 1. The number of carbonyl (C=O) groups is 1. The zero-order valence-electron chi connectivity index (χ0n) is 15.5. The molecule has 0 spiro atoms. The highest BCUT2D eigenvalue weighted by atomic mass is 32.2. The van der Waals surface area contributed by atoms with E-state index in [1.807, 2.05) is 51.2 Å². The van der Waals surface area contributed by atoms with Gasteiger partial charge in [0.1, 0.15) is 5.76 Å². The molecule has 0 aliphatic carbocycles. The topological polar surface area (TPSA) is 71.3 Å². The number of aryl methyl sites for hydroxylation is 2. The van der Waals surface area contributed by atoms with Crippen molar-refractivity contribution in [1.82, 2.24) is 20.2 Å². The maximum atomic E-state index is 12.3. The minimum Gasteiger partial charge on any atom is -0.468 e. The molecule has 0 saturated heterocycles. The van der Waals surface area contributed by atoms with Crippen LogP contribution < -0.4 is 5.32 Å². The Balaban J connectivity index is 1.91. The molecule has 1 atom stereocenters. The summed E-state index contributed by atoms with van der Waals surface area (Å²) in [6.07, 6.45) is 4.67. The Morgan fingerprint density at radius 3 is 2.52 bits per heavy atom. The molecule has 25 heavy (non-hydrogen) atoms. The van der Waals surface area contributed by atoms with Gasteiger partial charge >= 0.3 is 0 Å². The van der Waals surface area contributed by atoms with Gasteiger partial charge in [0.05, 0.1) is 12.3 Å². The van der Waals surface area contributed by atoms with Crippen LogP contribution in [0.3, 0.4) is 0 Å². The number of hydrogen-bond acceptors (Lipinski definition) is 6. The van der Waals surface area contributed by atoms with E-state index in [1.165, 1.54) is 11.8 Å². The van der Waals surface area contributed by atoms with Crippen molar-refractivity contribution < 1.29 is 9.21 Å². The van der Waals surface area contributed by atoms with E-state index in [1.54, 1.807) is 6.26 Å². The van der Waals surface area contributed by atoms with Gasteiger partial charge in [-0.05, 0) is 58.3 Å². The molecular formula is C18H26N4O2S. The lowest BCUT2D eigenvalue weighted by Crippen LogP contribution is -2.34. The van der Waals surface area contributed by atoms with Gasteiger partial charge in [0, 0.05) is 24.4 Å². The molecule has 6 nitrogen and oxygen atoms in total. The Bertz CT molecular complexity index is 678. The van der Waals surface area contributed by atoms with Crippen LogP contribution in [0.1, 0.15) is 35.2 Å². The van der Waals surface area contributed by atoms with Crippen LogP contribution in [0, 0.1) is 13.8 Å². The lowest BCUT2D eigenvalue weighted by Gasteiger charge is -2.22. The predicted octanol–water partition coefficient (Wildman–Crippen LogP) is 2.76. The normalized spacial score (nSPS) is 12.4. The van der Waals surface area contributed by atoms with E-state index >= 15 is 0 Å². The molecule has 7 heteroatoms. The van der Waals surface area contributed by atoms with E-state index in [2.05, 4.69) is 15.3 Å². The standard InChI is InChI=1S/C18H26N4O2S/c1-12-14(13(2)21-18(20-12)25-5)8-9-17(23)19-11-15(22(3)4)16-7-6-10-24-16/h6-7,10,15H,8-9,11H2,1-5H3,(H,19,23)/t15-/m1/s1. The molecule has 2 aromatic rings. The summed E-state index contributed by atoms with van der Waals surface area (Å²) in [7, 11) is 3.94. The van der Waals surface area contributed by atoms with Crippen LogP contribution in [0.5, 0.6) is 0 Å². The van der Waals surface area contributed by atoms with E-state index in [4.69, 9.17) is 4.42 Å². The van der Waals surface area contributed by atoms with Gasteiger partial charge < -0.3 is 9.73 Å². The van der Waals surface area contributed by atoms with Gasteiger partial charge in [-0.3, -0.25) is 9.69 Å². The highest BCUT2D eigenvalue weighted by Gasteiger charge is 2.18. The SMILES string of the molecule is CSc1nc(C)c(CCC(=O)NC[C@H](c2ccco2)N(C)C)c(C)n1. The van der Waals surface area contributed by atoms with Crippen LogP contribution in [-0.2, 0) is 11.2 Å². The predicted molar refractivity (Wildman–Crippen MR) is 99.8 cm³/mol. The fraction of sp³-hybridized carbons (Fsp3) is 0.500. The Morgan fingerprint density at radius 2 is 2.00 bits per heavy atom. The number of hydrogen-bond donors (Lipinski definition) is 1. The Labute approximate surface area is 153 Å². The van der Waals surface area contributed by atoms with Crippen molar-refractivity contribution in [2.45, 2.75) is 37.9 Å². The second kappa shape index (κ2) is 9.01. The van der Waals surface area contributed by atoms with Gasteiger partial charge in [0.2, 0.25) is 5.91 Å². The third-order valence-corrected chi connectivity index (χ3v) is 4.72. The average molecular weight is 362 g/mol. The van der Waals surface area contributed by atoms with Gasteiger partial charge in [0.25, 0.3) is 0 Å². The second-order valence-corrected chi connectivity index (χ2v) is 6.93. The number of amides is 1. The summed E-state index contributed by atoms with van der Waals surface area (Å²) in [6.45, 7) is 4.46. The van der Waals surface area contributed by atoms with Gasteiger partial charge in [-0.2, -0.15) is 0 Å². The summed E-state index contributed by atoms with van der Waals surface area (Å²) in [5.74, 6) is 0.865. The molecule has 1 amide bonds. The molecule has 0 radical (unpaired) electrons. The van der Waals surface area contributed by atoms with E-state index < -0.39 is 0 Å². The van der Waals surface area contributed by atoms with Crippen molar-refractivity contribution in [1.29, 1.82) is 0 Å². The first-order valence-electron chi connectivity index (χ1n) is 8.27. The maximum absolute atomic E-state index is 12.3. The molecular weight excluding hydrogens is 336 g/mol. The van der Waals surface area contributed by atoms with E-state index in [0.717, 1.165) is 27.9 Å². The molecule has 0 aromatic carbocycles. The van der Waals surface area contributed by atoms with Crippen molar-refractivity contribution in [3.63, 3.8) is 0 Å². The summed E-state index contributed by atoms with van der Waals surface area (Å²) in [4.78, 5) is 23.2. The Hall–Kier alpha value is -1.86. The molecule has 0 unspecified atom stereocenters. The number of aromatic nitrogens is 2. The van der Waals surface area contributed by atoms with Crippen molar-refractivity contribution in [2.75, 3.05) is 26.9 Å². The minimum absolute atomic E-state index is 0.0196. The van der Waals surface area contributed by atoms with Gasteiger partial charge in [-0.1, -0.05) is 11.8 Å². The molecule has 2 rings (SSSR count). The monoisotopic (exact) mass is 362 g/mol. The number of rotatable bonds is 8. The lowest BCUT2D eigenvalue weighted by molar-refractivity contribution is -0.121. The summed E-state index contributed by atoms with van der Waals surface area (Å²) in [5, 5.41) is 3.77. The second-order valence-electron chi connectivity index (χ2n) is 6.16. The highest BCUT2D eigenvalue weighted by molar-refractivity contribution is 7.98. The van der Waals surface area contributed by atoms with Crippen LogP contribution in [-0.4, -0.2) is 47.7 Å². The minimum atomic E-state index is 0.0196. The zero-order chi connectivity index (χ0) is 18.4. The fourth-order valence-electron chi connectivity index (χ4n) is 2.72. The summed E-state index contributed by atoms with van der Waals surface area (Å²) < 4.78 is 5.46. The zero-order valence-corrected chi connectivity index (χ0v) is 16.3. The summed E-state index contributed by atoms with van der Waals surface area (Å²) >= 11 is 1.53. The number of likely N-dealkylation sites (N-methyl/N-ethyl adjacent to an activating group) is 1. The van der Waals surface area contributed by atoms with Gasteiger partial charge in [-0.25, -0.2) is 9.97 Å². The van der Waals surface area contributed by atoms with E-state index in [0.29, 0.717) is 19.4 Å².